The van der Waals surface area contributed by atoms with Gasteiger partial charge in [-0.15, -0.1) is 0 Å². The Hall–Kier alpha value is -3.18. The van der Waals surface area contributed by atoms with Crippen molar-refractivity contribution in [1.29, 1.82) is 0 Å². The molecule has 3 N–H and O–H groups in total. The predicted octanol–water partition coefficient (Wildman–Crippen LogP) is 3.49. The summed E-state index contributed by atoms with van der Waals surface area (Å²) in [5.74, 6) is -0.0144. The van der Waals surface area contributed by atoms with Crippen LogP contribution in [0.5, 0.6) is 0 Å². The van der Waals surface area contributed by atoms with Crippen LogP contribution in [0.15, 0.2) is 41.3 Å². The Balaban J connectivity index is 1.22. The summed E-state index contributed by atoms with van der Waals surface area (Å²) in [7, 11) is 0. The summed E-state index contributed by atoms with van der Waals surface area (Å²) in [6, 6.07) is 6.93. The molecule has 2 atom stereocenters. The second kappa shape index (κ2) is 8.80. The molecule has 3 heterocycles. The molecule has 9 nitrogen and oxygen atoms in total. The van der Waals surface area contributed by atoms with Gasteiger partial charge >= 0.3 is 0 Å². The number of aliphatic hydroxyl groups is 1. The first-order chi connectivity index (χ1) is 16.9. The van der Waals surface area contributed by atoms with Crippen molar-refractivity contribution in [2.75, 3.05) is 5.32 Å². The van der Waals surface area contributed by atoms with Crippen LogP contribution in [0.3, 0.4) is 0 Å². The molecule has 35 heavy (non-hydrogen) atoms. The molecule has 0 unspecified atom stereocenters. The van der Waals surface area contributed by atoms with Crippen LogP contribution in [-0.2, 0) is 4.79 Å². The maximum atomic E-state index is 14.7. The first-order valence-corrected chi connectivity index (χ1v) is 12.4. The van der Waals surface area contributed by atoms with Crippen LogP contribution >= 0.6 is 15.9 Å². The maximum Gasteiger partial charge on any atom is 0.224 e. The fourth-order valence-corrected chi connectivity index (χ4v) is 5.37. The van der Waals surface area contributed by atoms with Crippen molar-refractivity contribution in [2.45, 2.75) is 50.3 Å². The van der Waals surface area contributed by atoms with Gasteiger partial charge in [-0.2, -0.15) is 10.1 Å². The summed E-state index contributed by atoms with van der Waals surface area (Å²) in [5.41, 5.74) is 1.37. The van der Waals surface area contributed by atoms with Crippen LogP contribution in [0.25, 0.3) is 27.6 Å². The van der Waals surface area contributed by atoms with Gasteiger partial charge in [-0.3, -0.25) is 9.78 Å². The van der Waals surface area contributed by atoms with Crippen LogP contribution in [0.4, 0.5) is 10.3 Å². The highest BCUT2D eigenvalue weighted by Gasteiger charge is 2.34. The SMILES string of the molecule is O=C(N[C@H]1C[C@H](O)C1)[C@@H]1CC[C@@H](Nc2ncc3c(Br)nn(-c4cc(F)c5ncccc5c4)c3n2)C1. The largest absolute Gasteiger partial charge is 0.393 e. The molecule has 0 aliphatic heterocycles. The van der Waals surface area contributed by atoms with E-state index in [0.717, 1.165) is 12.8 Å². The van der Waals surface area contributed by atoms with E-state index in [-0.39, 0.29) is 30.0 Å². The van der Waals surface area contributed by atoms with E-state index < -0.39 is 5.82 Å². The van der Waals surface area contributed by atoms with E-state index in [1.54, 1.807) is 29.2 Å². The second-order valence-electron chi connectivity index (χ2n) is 9.32. The number of halogens is 2. The lowest BCUT2D eigenvalue weighted by Gasteiger charge is -2.32. The third-order valence-corrected chi connectivity index (χ3v) is 7.45. The molecule has 1 amide bonds. The molecule has 4 aromatic rings. The molecule has 2 aliphatic carbocycles. The highest BCUT2D eigenvalue weighted by molar-refractivity contribution is 9.10. The van der Waals surface area contributed by atoms with E-state index in [1.807, 2.05) is 6.07 Å². The molecular weight excluding hydrogens is 517 g/mol. The number of rotatable bonds is 5. The van der Waals surface area contributed by atoms with E-state index in [1.165, 1.54) is 6.07 Å². The van der Waals surface area contributed by atoms with Crippen molar-refractivity contribution in [3.8, 4) is 5.69 Å². The topological polar surface area (TPSA) is 118 Å². The lowest BCUT2D eigenvalue weighted by molar-refractivity contribution is -0.126. The Morgan fingerprint density at radius 3 is 2.86 bits per heavy atom. The van der Waals surface area contributed by atoms with Gasteiger partial charge in [0.05, 0.1) is 17.2 Å². The Bertz CT molecular complexity index is 1440. The highest BCUT2D eigenvalue weighted by Crippen LogP contribution is 2.31. The minimum Gasteiger partial charge on any atom is -0.393 e. The molecule has 3 aromatic heterocycles. The van der Waals surface area contributed by atoms with Crippen molar-refractivity contribution in [3.05, 3.63) is 47.1 Å². The molecule has 0 radical (unpaired) electrons. The van der Waals surface area contributed by atoms with E-state index in [0.29, 0.717) is 57.4 Å². The summed E-state index contributed by atoms with van der Waals surface area (Å²) in [4.78, 5) is 25.8. The van der Waals surface area contributed by atoms with Gasteiger partial charge in [0.15, 0.2) is 11.5 Å². The van der Waals surface area contributed by atoms with Crippen LogP contribution in [0.1, 0.15) is 32.1 Å². The summed E-state index contributed by atoms with van der Waals surface area (Å²) in [6.07, 6.45) is 6.52. The number of anilines is 1. The molecule has 6 rings (SSSR count). The first kappa shape index (κ1) is 22.3. The number of aliphatic hydroxyl groups excluding tert-OH is 1. The number of fused-ring (bicyclic) bond motifs is 2. The van der Waals surface area contributed by atoms with Crippen molar-refractivity contribution in [1.82, 2.24) is 30.0 Å². The minimum atomic E-state index is -0.433. The molecule has 0 bridgehead atoms. The zero-order chi connectivity index (χ0) is 24.1. The Kier molecular flexibility index (Phi) is 5.60. The van der Waals surface area contributed by atoms with Gasteiger partial charge in [0, 0.05) is 41.8 Å². The average Bonchev–Trinajstić information content (AvgIpc) is 3.42. The normalized spacial score (nSPS) is 24.0. The van der Waals surface area contributed by atoms with Crippen molar-refractivity contribution >= 4 is 49.7 Å². The highest BCUT2D eigenvalue weighted by atomic mass is 79.9. The number of benzene rings is 1. The number of carbonyl (C=O) groups is 1. The second-order valence-corrected chi connectivity index (χ2v) is 10.1. The maximum absolute atomic E-state index is 14.7. The molecule has 1 aromatic carbocycles. The number of hydrogen-bond donors (Lipinski definition) is 3. The van der Waals surface area contributed by atoms with Gasteiger partial charge in [-0.1, -0.05) is 6.07 Å². The Morgan fingerprint density at radius 2 is 2.03 bits per heavy atom. The monoisotopic (exact) mass is 539 g/mol. The third-order valence-electron chi connectivity index (χ3n) is 6.86. The first-order valence-electron chi connectivity index (χ1n) is 11.7. The Morgan fingerprint density at radius 1 is 1.17 bits per heavy atom. The number of nitrogens with one attached hydrogen (secondary N) is 2. The number of nitrogens with zero attached hydrogens (tertiary/aromatic N) is 5. The standard InChI is InChI=1S/C24H23BrFN7O2/c25-21-18-11-28-24(30-14-4-3-13(6-14)23(35)29-15-8-17(34)9-15)31-22(18)33(32-21)16-7-12-2-1-5-27-20(12)19(26)10-16/h1-2,5,7,10-11,13-15,17,34H,3-4,6,8-9H2,(H,29,35)(H,28,30,31)/t13-,14-,15-,17-/m1/s1. The summed E-state index contributed by atoms with van der Waals surface area (Å²) in [6.45, 7) is 0. The average molecular weight is 540 g/mol. The van der Waals surface area contributed by atoms with Crippen LogP contribution in [0.2, 0.25) is 0 Å². The molecule has 0 spiro atoms. The van der Waals surface area contributed by atoms with Gasteiger partial charge in [0.25, 0.3) is 0 Å². The van der Waals surface area contributed by atoms with E-state index in [2.05, 4.69) is 46.6 Å². The van der Waals surface area contributed by atoms with Crippen molar-refractivity contribution < 1.29 is 14.3 Å². The smallest absolute Gasteiger partial charge is 0.224 e. The van der Waals surface area contributed by atoms with E-state index in [4.69, 9.17) is 0 Å². The van der Waals surface area contributed by atoms with Gasteiger partial charge in [0.2, 0.25) is 11.9 Å². The number of carbonyl (C=O) groups excluding carboxylic acids is 1. The third kappa shape index (κ3) is 4.23. The summed E-state index contributed by atoms with van der Waals surface area (Å²) in [5, 5.41) is 21.7. The number of aromatic nitrogens is 5. The van der Waals surface area contributed by atoms with Crippen LogP contribution < -0.4 is 10.6 Å². The lowest BCUT2D eigenvalue weighted by Crippen LogP contribution is -2.48. The number of amides is 1. The van der Waals surface area contributed by atoms with E-state index >= 15 is 0 Å². The summed E-state index contributed by atoms with van der Waals surface area (Å²) >= 11 is 3.46. The molecule has 2 fully saturated rings. The zero-order valence-corrected chi connectivity index (χ0v) is 20.2. The quantitative estimate of drug-likeness (QED) is 0.355. The fraction of sp³-hybridized carbons (Fsp3) is 0.375. The molecule has 11 heteroatoms. The fourth-order valence-electron chi connectivity index (χ4n) is 4.93. The minimum absolute atomic E-state index is 0.0531. The van der Waals surface area contributed by atoms with Crippen LogP contribution in [-0.4, -0.2) is 53.9 Å². The van der Waals surface area contributed by atoms with Gasteiger partial charge in [-0.25, -0.2) is 14.1 Å². The summed E-state index contributed by atoms with van der Waals surface area (Å²) < 4.78 is 16.9. The number of hydrogen-bond acceptors (Lipinski definition) is 7. The van der Waals surface area contributed by atoms with Gasteiger partial charge < -0.3 is 15.7 Å². The Labute approximate surface area is 208 Å². The number of pyridine rings is 1. The zero-order valence-electron chi connectivity index (χ0n) is 18.7. The molecule has 2 saturated carbocycles. The molecule has 180 valence electrons. The van der Waals surface area contributed by atoms with Crippen molar-refractivity contribution in [3.63, 3.8) is 0 Å². The van der Waals surface area contributed by atoms with Crippen LogP contribution in [0, 0.1) is 11.7 Å². The molecule has 0 saturated heterocycles. The lowest BCUT2D eigenvalue weighted by atomic mass is 9.89. The molecule has 2 aliphatic rings. The van der Waals surface area contributed by atoms with E-state index in [9.17, 15) is 14.3 Å². The predicted molar refractivity (Wildman–Crippen MR) is 132 cm³/mol. The van der Waals surface area contributed by atoms with Gasteiger partial charge in [0.1, 0.15) is 10.1 Å². The molecular formula is C24H23BrFN7O2. The van der Waals surface area contributed by atoms with Gasteiger partial charge in [-0.05, 0) is 60.2 Å². The van der Waals surface area contributed by atoms with Crippen molar-refractivity contribution in [2.24, 2.45) is 5.92 Å².